The first-order chi connectivity index (χ1) is 11.4. The van der Waals surface area contributed by atoms with Gasteiger partial charge < -0.3 is 0 Å². The van der Waals surface area contributed by atoms with Crippen molar-refractivity contribution in [3.8, 4) is 0 Å². The molecule has 1 saturated carbocycles. The van der Waals surface area contributed by atoms with Crippen molar-refractivity contribution in [3.63, 3.8) is 0 Å². The van der Waals surface area contributed by atoms with Crippen LogP contribution in [0.5, 0.6) is 0 Å². The van der Waals surface area contributed by atoms with Gasteiger partial charge in [-0.15, -0.1) is 11.3 Å². The van der Waals surface area contributed by atoms with E-state index in [1.165, 1.54) is 15.6 Å². The maximum Gasteiger partial charge on any atom is 0.252 e. The van der Waals surface area contributed by atoms with E-state index in [1.807, 2.05) is 0 Å². The van der Waals surface area contributed by atoms with E-state index in [0.717, 1.165) is 25.7 Å². The molecule has 3 rings (SSSR count). The molecule has 2 fully saturated rings. The van der Waals surface area contributed by atoms with Crippen molar-refractivity contribution in [1.29, 1.82) is 0 Å². The van der Waals surface area contributed by atoms with Gasteiger partial charge >= 0.3 is 0 Å². The first-order valence-corrected chi connectivity index (χ1v) is 12.4. The van der Waals surface area contributed by atoms with Gasteiger partial charge in [0.1, 0.15) is 4.21 Å². The number of hydrogen-bond acceptors (Lipinski definition) is 5. The van der Waals surface area contributed by atoms with E-state index in [-0.39, 0.29) is 24.3 Å². The maximum absolute atomic E-state index is 12.6. The SMILES string of the molecule is O=S(=O)(CC1CCCC1)N[C@@H]1CCCN(S(=O)(=O)c2cccs2)C1. The van der Waals surface area contributed by atoms with E-state index in [0.29, 0.717) is 23.6 Å². The summed E-state index contributed by atoms with van der Waals surface area (Å²) in [6.45, 7) is 0.658. The topological polar surface area (TPSA) is 83.6 Å². The van der Waals surface area contributed by atoms with Crippen LogP contribution in [0.2, 0.25) is 0 Å². The van der Waals surface area contributed by atoms with Crippen LogP contribution in [0.1, 0.15) is 38.5 Å². The Hall–Kier alpha value is -0.480. The fourth-order valence-electron chi connectivity index (χ4n) is 3.58. The molecular formula is C15H24N2O4S3. The summed E-state index contributed by atoms with van der Waals surface area (Å²) in [6, 6.07) is 2.97. The Morgan fingerprint density at radius 1 is 1.12 bits per heavy atom. The molecule has 2 heterocycles. The smallest absolute Gasteiger partial charge is 0.212 e. The molecular weight excluding hydrogens is 368 g/mol. The number of piperidine rings is 1. The third-order valence-corrected chi connectivity index (χ3v) is 9.59. The molecule has 24 heavy (non-hydrogen) atoms. The second-order valence-electron chi connectivity index (χ2n) is 6.68. The van der Waals surface area contributed by atoms with Crippen LogP contribution in [-0.4, -0.2) is 46.0 Å². The van der Waals surface area contributed by atoms with Gasteiger partial charge in [0.25, 0.3) is 10.0 Å². The summed E-state index contributed by atoms with van der Waals surface area (Å²) in [7, 11) is -6.87. The Morgan fingerprint density at radius 2 is 1.88 bits per heavy atom. The first-order valence-electron chi connectivity index (χ1n) is 8.40. The zero-order chi connectivity index (χ0) is 17.2. The number of sulfonamides is 2. The lowest BCUT2D eigenvalue weighted by Gasteiger charge is -2.32. The fourth-order valence-corrected chi connectivity index (χ4v) is 8.00. The van der Waals surface area contributed by atoms with E-state index in [4.69, 9.17) is 0 Å². The largest absolute Gasteiger partial charge is 0.252 e. The van der Waals surface area contributed by atoms with Gasteiger partial charge in [-0.05, 0) is 43.0 Å². The zero-order valence-electron chi connectivity index (χ0n) is 13.6. The quantitative estimate of drug-likeness (QED) is 0.803. The van der Waals surface area contributed by atoms with Crippen molar-refractivity contribution in [1.82, 2.24) is 9.03 Å². The Kier molecular flexibility index (Phi) is 5.65. The Labute approximate surface area is 148 Å². The van der Waals surface area contributed by atoms with E-state index in [2.05, 4.69) is 4.72 Å². The lowest BCUT2D eigenvalue weighted by Crippen LogP contribution is -2.50. The highest BCUT2D eigenvalue weighted by molar-refractivity contribution is 7.91. The Morgan fingerprint density at radius 3 is 2.54 bits per heavy atom. The van der Waals surface area contributed by atoms with Crippen LogP contribution in [0.3, 0.4) is 0 Å². The lowest BCUT2D eigenvalue weighted by atomic mass is 10.1. The first kappa shape index (κ1) is 18.3. The van der Waals surface area contributed by atoms with Crippen LogP contribution in [0, 0.1) is 5.92 Å². The van der Waals surface area contributed by atoms with E-state index >= 15 is 0 Å². The highest BCUT2D eigenvalue weighted by Gasteiger charge is 2.33. The van der Waals surface area contributed by atoms with Crippen molar-refractivity contribution in [3.05, 3.63) is 17.5 Å². The van der Waals surface area contributed by atoms with Gasteiger partial charge in [0, 0.05) is 19.1 Å². The molecule has 6 nitrogen and oxygen atoms in total. The van der Waals surface area contributed by atoms with Crippen LogP contribution in [0.15, 0.2) is 21.7 Å². The Bertz CT molecular complexity index is 738. The third kappa shape index (κ3) is 4.37. The molecule has 1 atom stereocenters. The van der Waals surface area contributed by atoms with Crippen molar-refractivity contribution in [2.45, 2.75) is 48.8 Å². The van der Waals surface area contributed by atoms with Gasteiger partial charge in [-0.1, -0.05) is 18.9 Å². The van der Waals surface area contributed by atoms with Gasteiger partial charge in [0.2, 0.25) is 10.0 Å². The van der Waals surface area contributed by atoms with E-state index < -0.39 is 20.0 Å². The average molecular weight is 393 g/mol. The van der Waals surface area contributed by atoms with E-state index in [1.54, 1.807) is 17.5 Å². The normalized spacial score (nSPS) is 24.4. The molecule has 0 aromatic carbocycles. The second kappa shape index (κ2) is 7.41. The van der Waals surface area contributed by atoms with Crippen LogP contribution < -0.4 is 4.72 Å². The molecule has 136 valence electrons. The average Bonchev–Trinajstić information content (AvgIpc) is 3.19. The number of nitrogens with zero attached hydrogens (tertiary/aromatic N) is 1. The number of hydrogen-bond donors (Lipinski definition) is 1. The molecule has 1 N–H and O–H groups in total. The molecule has 1 aromatic heterocycles. The summed E-state index contributed by atoms with van der Waals surface area (Å²) < 4.78 is 54.4. The van der Waals surface area contributed by atoms with E-state index in [9.17, 15) is 16.8 Å². The summed E-state index contributed by atoms with van der Waals surface area (Å²) in [5.74, 6) is 0.415. The molecule has 1 aromatic rings. The zero-order valence-corrected chi connectivity index (χ0v) is 16.0. The van der Waals surface area contributed by atoms with Crippen molar-refractivity contribution < 1.29 is 16.8 Å². The maximum atomic E-state index is 12.6. The number of thiophene rings is 1. The molecule has 0 amide bonds. The highest BCUT2D eigenvalue weighted by Crippen LogP contribution is 2.27. The van der Waals surface area contributed by atoms with Crippen molar-refractivity contribution >= 4 is 31.4 Å². The predicted molar refractivity (Wildman–Crippen MR) is 95.0 cm³/mol. The molecule has 0 bridgehead atoms. The molecule has 0 spiro atoms. The molecule has 9 heteroatoms. The summed E-state index contributed by atoms with van der Waals surface area (Å²) in [6.07, 6.45) is 5.52. The van der Waals surface area contributed by atoms with Crippen molar-refractivity contribution in [2.75, 3.05) is 18.8 Å². The van der Waals surface area contributed by atoms with Gasteiger partial charge in [-0.2, -0.15) is 4.31 Å². The summed E-state index contributed by atoms with van der Waals surface area (Å²) >= 11 is 1.19. The number of rotatable bonds is 6. The molecule has 0 unspecified atom stereocenters. The van der Waals surface area contributed by atoms with Gasteiger partial charge in [0.15, 0.2) is 0 Å². The minimum Gasteiger partial charge on any atom is -0.212 e. The predicted octanol–water partition coefficient (Wildman–Crippen LogP) is 2.01. The van der Waals surface area contributed by atoms with Gasteiger partial charge in [-0.25, -0.2) is 21.6 Å². The molecule has 1 aliphatic heterocycles. The van der Waals surface area contributed by atoms with Crippen LogP contribution >= 0.6 is 11.3 Å². The minimum absolute atomic E-state index is 0.168. The number of nitrogens with one attached hydrogen (secondary N) is 1. The van der Waals surface area contributed by atoms with Gasteiger partial charge in [-0.3, -0.25) is 0 Å². The van der Waals surface area contributed by atoms with Crippen LogP contribution in [0.25, 0.3) is 0 Å². The van der Waals surface area contributed by atoms with Gasteiger partial charge in [0.05, 0.1) is 5.75 Å². The monoisotopic (exact) mass is 392 g/mol. The summed E-state index contributed by atoms with van der Waals surface area (Å²) in [5.41, 5.74) is 0. The molecule has 1 aliphatic carbocycles. The molecule has 1 saturated heterocycles. The standard InChI is InChI=1S/C15H24N2O4S3/c18-23(19,12-13-5-1-2-6-13)16-14-7-3-9-17(11-14)24(20,21)15-8-4-10-22-15/h4,8,10,13-14,16H,1-3,5-7,9,11-12H2/t14-/m1/s1. The Balaban J connectivity index is 1.63. The fraction of sp³-hybridized carbons (Fsp3) is 0.733. The summed E-state index contributed by atoms with van der Waals surface area (Å²) in [4.78, 5) is 0. The minimum atomic E-state index is -3.51. The molecule has 2 aliphatic rings. The third-order valence-electron chi connectivity index (χ3n) is 4.75. The summed E-state index contributed by atoms with van der Waals surface area (Å²) in [5, 5.41) is 1.73. The highest BCUT2D eigenvalue weighted by atomic mass is 32.2. The second-order valence-corrected chi connectivity index (χ2v) is 11.6. The van der Waals surface area contributed by atoms with Crippen LogP contribution in [-0.2, 0) is 20.0 Å². The lowest BCUT2D eigenvalue weighted by molar-refractivity contribution is 0.303. The van der Waals surface area contributed by atoms with Crippen molar-refractivity contribution in [2.24, 2.45) is 5.92 Å². The molecule has 0 radical (unpaired) electrons. The van der Waals surface area contributed by atoms with Crippen LogP contribution in [0.4, 0.5) is 0 Å².